The minimum atomic E-state index is -3.82. The molecule has 4 heterocycles. The molecule has 0 saturated heterocycles. The number of anilines is 1. The van der Waals surface area contributed by atoms with Gasteiger partial charge in [-0.3, -0.25) is 9.12 Å². The predicted octanol–water partition coefficient (Wildman–Crippen LogP) is 4.21. The largest absolute Gasteiger partial charge is 0.339 e. The molecule has 0 unspecified atom stereocenters. The number of imidazole rings is 1. The predicted molar refractivity (Wildman–Crippen MR) is 119 cm³/mol. The minimum Gasteiger partial charge on any atom is -0.339 e. The van der Waals surface area contributed by atoms with Crippen molar-refractivity contribution in [2.24, 2.45) is 0 Å². The highest BCUT2D eigenvalue weighted by molar-refractivity contribution is 7.92. The lowest BCUT2D eigenvalue weighted by molar-refractivity contribution is 0.394. The molecule has 1 aromatic carbocycles. The monoisotopic (exact) mass is 466 g/mol. The molecular weight excluding hydrogens is 452 g/mol. The lowest BCUT2D eigenvalue weighted by atomic mass is 10.1. The first-order valence-corrected chi connectivity index (χ1v) is 11.3. The average molecular weight is 467 g/mol. The molecule has 0 bridgehead atoms. The molecule has 32 heavy (non-hydrogen) atoms. The van der Waals surface area contributed by atoms with E-state index in [2.05, 4.69) is 24.8 Å². The lowest BCUT2D eigenvalue weighted by Gasteiger charge is -2.11. The third-order valence-corrected chi connectivity index (χ3v) is 6.42. The summed E-state index contributed by atoms with van der Waals surface area (Å²) in [7, 11) is -3.82. The molecule has 0 radical (unpaired) electrons. The van der Waals surface area contributed by atoms with Crippen molar-refractivity contribution in [1.82, 2.24) is 24.5 Å². The molecule has 4 aromatic heterocycles. The zero-order valence-electron chi connectivity index (χ0n) is 16.6. The Morgan fingerprint density at radius 2 is 1.84 bits per heavy atom. The van der Waals surface area contributed by atoms with E-state index in [1.807, 2.05) is 22.7 Å². The van der Waals surface area contributed by atoms with Crippen LogP contribution in [0.4, 0.5) is 5.69 Å². The molecule has 0 aliphatic rings. The molecule has 5 aromatic rings. The van der Waals surface area contributed by atoms with Crippen LogP contribution in [0, 0.1) is 6.92 Å². The number of rotatable bonds is 5. The molecule has 160 valence electrons. The number of halogens is 1. The van der Waals surface area contributed by atoms with E-state index in [0.717, 1.165) is 5.56 Å². The smallest absolute Gasteiger partial charge is 0.261 e. The standard InChI is InChI=1S/C21H15ClN6O3S/c1-13-25-21(26-31-13)18-11-23-19-8-7-14(12-28(18)19)15-9-17(20(22)24-10-15)27-32(29,30)16-5-3-2-4-6-16/h2-12,27H,1H3. The van der Waals surface area contributed by atoms with Gasteiger partial charge in [0.05, 0.1) is 16.8 Å². The summed E-state index contributed by atoms with van der Waals surface area (Å²) in [4.78, 5) is 12.9. The van der Waals surface area contributed by atoms with Gasteiger partial charge in [-0.15, -0.1) is 0 Å². The summed E-state index contributed by atoms with van der Waals surface area (Å²) < 4.78 is 34.8. The molecule has 0 amide bonds. The first kappa shape index (κ1) is 20.2. The summed E-state index contributed by atoms with van der Waals surface area (Å²) in [5.41, 5.74) is 2.95. The highest BCUT2D eigenvalue weighted by Crippen LogP contribution is 2.29. The summed E-state index contributed by atoms with van der Waals surface area (Å²) in [6.07, 6.45) is 5.06. The molecule has 0 aliphatic carbocycles. The molecule has 5 rings (SSSR count). The Morgan fingerprint density at radius 1 is 1.03 bits per heavy atom. The second-order valence-electron chi connectivity index (χ2n) is 6.91. The van der Waals surface area contributed by atoms with Gasteiger partial charge < -0.3 is 4.52 Å². The van der Waals surface area contributed by atoms with Crippen LogP contribution in [-0.2, 0) is 10.0 Å². The van der Waals surface area contributed by atoms with Gasteiger partial charge >= 0.3 is 0 Å². The Bertz CT molecular complexity index is 1550. The summed E-state index contributed by atoms with van der Waals surface area (Å²) >= 11 is 6.18. The Morgan fingerprint density at radius 3 is 2.59 bits per heavy atom. The topological polar surface area (TPSA) is 115 Å². The number of benzene rings is 1. The van der Waals surface area contributed by atoms with Crippen LogP contribution in [0.3, 0.4) is 0 Å². The molecule has 9 nitrogen and oxygen atoms in total. The summed E-state index contributed by atoms with van der Waals surface area (Å²) in [6, 6.07) is 13.4. The molecule has 1 N–H and O–H groups in total. The van der Waals surface area contributed by atoms with Crippen LogP contribution in [0.15, 0.2) is 76.5 Å². The second-order valence-corrected chi connectivity index (χ2v) is 8.95. The van der Waals surface area contributed by atoms with E-state index in [-0.39, 0.29) is 15.7 Å². The fourth-order valence-corrected chi connectivity index (χ4v) is 4.49. The van der Waals surface area contributed by atoms with Crippen LogP contribution in [0.5, 0.6) is 0 Å². The third kappa shape index (κ3) is 3.70. The van der Waals surface area contributed by atoms with Gasteiger partial charge in [0.15, 0.2) is 5.15 Å². The Hall–Kier alpha value is -3.76. The van der Waals surface area contributed by atoms with Crippen LogP contribution in [0.2, 0.25) is 5.15 Å². The maximum Gasteiger partial charge on any atom is 0.261 e. The van der Waals surface area contributed by atoms with Crippen molar-refractivity contribution in [2.45, 2.75) is 11.8 Å². The van der Waals surface area contributed by atoms with Gasteiger partial charge in [-0.05, 0) is 30.3 Å². The quantitative estimate of drug-likeness (QED) is 0.386. The van der Waals surface area contributed by atoms with Gasteiger partial charge in [-0.1, -0.05) is 35.0 Å². The fourth-order valence-electron chi connectivity index (χ4n) is 3.20. The van der Waals surface area contributed by atoms with Crippen molar-refractivity contribution in [3.05, 3.63) is 78.2 Å². The average Bonchev–Trinajstić information content (AvgIpc) is 3.41. The van der Waals surface area contributed by atoms with Crippen LogP contribution < -0.4 is 4.72 Å². The van der Waals surface area contributed by atoms with Gasteiger partial charge in [-0.25, -0.2) is 18.4 Å². The van der Waals surface area contributed by atoms with E-state index >= 15 is 0 Å². The van der Waals surface area contributed by atoms with Gasteiger partial charge in [0.25, 0.3) is 10.0 Å². The van der Waals surface area contributed by atoms with Crippen LogP contribution in [0.1, 0.15) is 5.89 Å². The van der Waals surface area contributed by atoms with E-state index in [1.54, 1.807) is 43.6 Å². The molecule has 0 aliphatic heterocycles. The van der Waals surface area contributed by atoms with Gasteiger partial charge in [0, 0.05) is 30.4 Å². The molecule has 11 heteroatoms. The number of nitrogens with one attached hydrogen (secondary N) is 1. The van der Waals surface area contributed by atoms with Crippen molar-refractivity contribution in [2.75, 3.05) is 4.72 Å². The number of hydrogen-bond donors (Lipinski definition) is 1. The first-order valence-electron chi connectivity index (χ1n) is 9.42. The summed E-state index contributed by atoms with van der Waals surface area (Å²) in [5.74, 6) is 0.862. The van der Waals surface area contributed by atoms with E-state index in [4.69, 9.17) is 16.1 Å². The molecule has 0 saturated carbocycles. The van der Waals surface area contributed by atoms with Crippen molar-refractivity contribution in [3.63, 3.8) is 0 Å². The van der Waals surface area contributed by atoms with E-state index < -0.39 is 10.0 Å². The number of pyridine rings is 2. The second kappa shape index (κ2) is 7.74. The fraction of sp³-hybridized carbons (Fsp3) is 0.0476. The maximum absolute atomic E-state index is 12.7. The number of fused-ring (bicyclic) bond motifs is 1. The van der Waals surface area contributed by atoms with Crippen LogP contribution in [-0.4, -0.2) is 32.9 Å². The first-order chi connectivity index (χ1) is 15.4. The Balaban J connectivity index is 1.54. The Kier molecular flexibility index (Phi) is 4.87. The van der Waals surface area contributed by atoms with E-state index in [1.165, 1.54) is 12.1 Å². The van der Waals surface area contributed by atoms with Crippen molar-refractivity contribution < 1.29 is 12.9 Å². The zero-order chi connectivity index (χ0) is 22.3. The van der Waals surface area contributed by atoms with Crippen molar-refractivity contribution >= 4 is 33.0 Å². The molecule has 0 atom stereocenters. The van der Waals surface area contributed by atoms with Crippen molar-refractivity contribution in [1.29, 1.82) is 0 Å². The SMILES string of the molecule is Cc1nc(-c2cnc3ccc(-c4cnc(Cl)c(NS(=O)(=O)c5ccccc5)c4)cn23)no1. The van der Waals surface area contributed by atoms with E-state index in [0.29, 0.717) is 28.6 Å². The number of aromatic nitrogens is 5. The van der Waals surface area contributed by atoms with Crippen molar-refractivity contribution in [3.8, 4) is 22.6 Å². The van der Waals surface area contributed by atoms with Crippen LogP contribution >= 0.6 is 11.6 Å². The number of nitrogens with zero attached hydrogens (tertiary/aromatic N) is 5. The highest BCUT2D eigenvalue weighted by Gasteiger charge is 2.17. The summed E-state index contributed by atoms with van der Waals surface area (Å²) in [5, 5.41) is 3.99. The minimum absolute atomic E-state index is 0.0416. The van der Waals surface area contributed by atoms with Gasteiger partial charge in [-0.2, -0.15) is 4.98 Å². The molecule has 0 fully saturated rings. The van der Waals surface area contributed by atoms with Gasteiger partial charge in [0.1, 0.15) is 11.3 Å². The maximum atomic E-state index is 12.7. The Labute approximate surface area is 187 Å². The molecule has 0 spiro atoms. The number of hydrogen-bond acceptors (Lipinski definition) is 7. The van der Waals surface area contributed by atoms with Gasteiger partial charge in [0.2, 0.25) is 11.7 Å². The molecular formula is C21H15ClN6O3S. The lowest BCUT2D eigenvalue weighted by Crippen LogP contribution is -2.13. The van der Waals surface area contributed by atoms with Crippen LogP contribution in [0.25, 0.3) is 28.3 Å². The van der Waals surface area contributed by atoms with E-state index in [9.17, 15) is 8.42 Å². The normalized spacial score (nSPS) is 11.7. The zero-order valence-corrected chi connectivity index (χ0v) is 18.2. The number of aryl methyl sites for hydroxylation is 1. The third-order valence-electron chi connectivity index (χ3n) is 4.73. The highest BCUT2D eigenvalue weighted by atomic mass is 35.5. The summed E-state index contributed by atoms with van der Waals surface area (Å²) in [6.45, 7) is 1.71. The number of sulfonamides is 1.